The van der Waals surface area contributed by atoms with Crippen molar-refractivity contribution in [1.82, 2.24) is 9.97 Å². The van der Waals surface area contributed by atoms with E-state index in [9.17, 15) is 4.39 Å². The summed E-state index contributed by atoms with van der Waals surface area (Å²) in [7, 11) is 0. The highest BCUT2D eigenvalue weighted by atomic mass is 35.5. The molecule has 1 aromatic carbocycles. The van der Waals surface area contributed by atoms with E-state index in [2.05, 4.69) is 9.97 Å². The number of nitrogens with zero attached hydrogens (tertiary/aromatic N) is 2. The van der Waals surface area contributed by atoms with Gasteiger partial charge in [-0.3, -0.25) is 0 Å². The minimum Gasteiger partial charge on any atom is -0.218 e. The minimum atomic E-state index is -0.803. The van der Waals surface area contributed by atoms with Gasteiger partial charge in [0.2, 0.25) is 0 Å². The standard InChI is InChI=1S/C11H6Cl3FN2/c12-7-3-1-2-6(4-7)5-8-16-10(13)9(15)11(14)17-8/h1-4H,5H2. The van der Waals surface area contributed by atoms with Crippen LogP contribution in [0.5, 0.6) is 0 Å². The summed E-state index contributed by atoms with van der Waals surface area (Å²) in [6, 6.07) is 7.21. The van der Waals surface area contributed by atoms with Crippen molar-refractivity contribution in [3.05, 3.63) is 56.8 Å². The summed E-state index contributed by atoms with van der Waals surface area (Å²) in [5.74, 6) is -0.452. The van der Waals surface area contributed by atoms with Crippen molar-refractivity contribution in [3.8, 4) is 0 Å². The Balaban J connectivity index is 2.31. The highest BCUT2D eigenvalue weighted by Crippen LogP contribution is 2.20. The van der Waals surface area contributed by atoms with E-state index in [0.29, 0.717) is 17.3 Å². The first-order valence-corrected chi connectivity index (χ1v) is 5.81. The summed E-state index contributed by atoms with van der Waals surface area (Å²) in [5.41, 5.74) is 0.899. The van der Waals surface area contributed by atoms with Gasteiger partial charge in [0.1, 0.15) is 5.82 Å². The van der Waals surface area contributed by atoms with Crippen LogP contribution < -0.4 is 0 Å². The topological polar surface area (TPSA) is 25.8 Å². The number of aromatic nitrogens is 2. The molecule has 1 heterocycles. The lowest BCUT2D eigenvalue weighted by Gasteiger charge is -2.03. The van der Waals surface area contributed by atoms with Crippen molar-refractivity contribution in [3.63, 3.8) is 0 Å². The molecule has 2 nitrogen and oxygen atoms in total. The third-order valence-electron chi connectivity index (χ3n) is 2.07. The fourth-order valence-electron chi connectivity index (χ4n) is 1.34. The zero-order valence-electron chi connectivity index (χ0n) is 8.42. The smallest absolute Gasteiger partial charge is 0.197 e. The second-order valence-electron chi connectivity index (χ2n) is 3.34. The molecule has 0 aliphatic rings. The fourth-order valence-corrected chi connectivity index (χ4v) is 1.98. The Morgan fingerprint density at radius 3 is 2.29 bits per heavy atom. The first-order chi connectivity index (χ1) is 8.06. The number of halogens is 4. The molecule has 2 rings (SSSR count). The summed E-state index contributed by atoms with van der Waals surface area (Å²) in [6.45, 7) is 0. The normalized spacial score (nSPS) is 10.6. The summed E-state index contributed by atoms with van der Waals surface area (Å²) < 4.78 is 13.1. The van der Waals surface area contributed by atoms with Gasteiger partial charge >= 0.3 is 0 Å². The minimum absolute atomic E-state index is 0.276. The lowest BCUT2D eigenvalue weighted by Crippen LogP contribution is -2.00. The fraction of sp³-hybridized carbons (Fsp3) is 0.0909. The largest absolute Gasteiger partial charge is 0.218 e. The Morgan fingerprint density at radius 2 is 1.71 bits per heavy atom. The number of hydrogen-bond donors (Lipinski definition) is 0. The summed E-state index contributed by atoms with van der Waals surface area (Å²) in [4.78, 5) is 7.62. The average Bonchev–Trinajstić information content (AvgIpc) is 2.26. The van der Waals surface area contributed by atoms with E-state index in [-0.39, 0.29) is 10.3 Å². The Morgan fingerprint density at radius 1 is 1.06 bits per heavy atom. The van der Waals surface area contributed by atoms with Crippen LogP contribution >= 0.6 is 34.8 Å². The maximum atomic E-state index is 13.1. The summed E-state index contributed by atoms with van der Waals surface area (Å²) in [5, 5.41) is 0.0610. The molecule has 0 radical (unpaired) electrons. The van der Waals surface area contributed by atoms with Crippen LogP contribution in [0.1, 0.15) is 11.4 Å². The zero-order valence-corrected chi connectivity index (χ0v) is 10.7. The van der Waals surface area contributed by atoms with E-state index in [4.69, 9.17) is 34.8 Å². The number of hydrogen-bond acceptors (Lipinski definition) is 2. The monoisotopic (exact) mass is 290 g/mol. The van der Waals surface area contributed by atoms with Gasteiger partial charge in [-0.15, -0.1) is 0 Å². The molecule has 0 unspecified atom stereocenters. The maximum Gasteiger partial charge on any atom is 0.197 e. The molecule has 0 N–H and O–H groups in total. The van der Waals surface area contributed by atoms with Crippen molar-refractivity contribution in [1.29, 1.82) is 0 Å². The molecule has 0 aliphatic carbocycles. The van der Waals surface area contributed by atoms with Crippen LogP contribution in [0.15, 0.2) is 24.3 Å². The molecule has 0 fully saturated rings. The second kappa shape index (κ2) is 5.17. The molecule has 0 saturated heterocycles. The third-order valence-corrected chi connectivity index (χ3v) is 2.80. The molecule has 2 aromatic rings. The first-order valence-electron chi connectivity index (χ1n) is 4.68. The van der Waals surface area contributed by atoms with Crippen LogP contribution in [0.2, 0.25) is 15.3 Å². The van der Waals surface area contributed by atoms with Gasteiger partial charge in [-0.05, 0) is 17.7 Å². The Labute approximate surface area is 112 Å². The van der Waals surface area contributed by atoms with E-state index >= 15 is 0 Å². The highest BCUT2D eigenvalue weighted by molar-refractivity contribution is 6.33. The van der Waals surface area contributed by atoms with Gasteiger partial charge in [-0.1, -0.05) is 46.9 Å². The van der Waals surface area contributed by atoms with Crippen molar-refractivity contribution in [2.24, 2.45) is 0 Å². The molecule has 0 atom stereocenters. The predicted octanol–water partition coefficient (Wildman–Crippen LogP) is 4.17. The van der Waals surface area contributed by atoms with Gasteiger partial charge in [0.15, 0.2) is 16.1 Å². The Kier molecular flexibility index (Phi) is 3.82. The second-order valence-corrected chi connectivity index (χ2v) is 4.49. The van der Waals surface area contributed by atoms with Crippen LogP contribution in [0, 0.1) is 5.82 Å². The van der Waals surface area contributed by atoms with Gasteiger partial charge in [-0.2, -0.15) is 0 Å². The summed E-state index contributed by atoms with van der Waals surface area (Å²) >= 11 is 17.0. The van der Waals surface area contributed by atoms with E-state index < -0.39 is 5.82 Å². The summed E-state index contributed by atoms with van der Waals surface area (Å²) in [6.07, 6.45) is 0.389. The molecule has 0 spiro atoms. The molecule has 0 amide bonds. The van der Waals surface area contributed by atoms with Gasteiger partial charge in [0, 0.05) is 11.4 Å². The molecule has 88 valence electrons. The van der Waals surface area contributed by atoms with Crippen LogP contribution in [0.4, 0.5) is 4.39 Å². The quantitative estimate of drug-likeness (QED) is 0.776. The molecule has 17 heavy (non-hydrogen) atoms. The van der Waals surface area contributed by atoms with Crippen molar-refractivity contribution in [2.45, 2.75) is 6.42 Å². The molecule has 0 aliphatic heterocycles. The molecular weight excluding hydrogens is 285 g/mol. The predicted molar refractivity (Wildman–Crippen MR) is 66.3 cm³/mol. The van der Waals surface area contributed by atoms with E-state index in [0.717, 1.165) is 5.56 Å². The zero-order chi connectivity index (χ0) is 12.4. The maximum absolute atomic E-state index is 13.1. The first kappa shape index (κ1) is 12.6. The van der Waals surface area contributed by atoms with E-state index in [1.165, 1.54) is 0 Å². The van der Waals surface area contributed by atoms with Crippen LogP contribution in [0.3, 0.4) is 0 Å². The van der Waals surface area contributed by atoms with Gasteiger partial charge in [0.05, 0.1) is 0 Å². The molecule has 0 saturated carbocycles. The van der Waals surface area contributed by atoms with Crippen LogP contribution in [-0.4, -0.2) is 9.97 Å². The van der Waals surface area contributed by atoms with E-state index in [1.54, 1.807) is 12.1 Å². The van der Waals surface area contributed by atoms with Crippen molar-refractivity contribution >= 4 is 34.8 Å². The molecular formula is C11H6Cl3FN2. The molecule has 6 heteroatoms. The van der Waals surface area contributed by atoms with Crippen molar-refractivity contribution in [2.75, 3.05) is 0 Å². The Bertz CT molecular complexity index is 537. The highest BCUT2D eigenvalue weighted by Gasteiger charge is 2.11. The van der Waals surface area contributed by atoms with Crippen LogP contribution in [0.25, 0.3) is 0 Å². The molecule has 0 bridgehead atoms. The SMILES string of the molecule is Fc1c(Cl)nc(Cc2cccc(Cl)c2)nc1Cl. The average molecular weight is 292 g/mol. The Hall–Kier alpha value is -0.900. The molecule has 1 aromatic heterocycles. The van der Waals surface area contributed by atoms with Gasteiger partial charge in [0.25, 0.3) is 0 Å². The lowest BCUT2D eigenvalue weighted by molar-refractivity contribution is 0.611. The number of benzene rings is 1. The van der Waals surface area contributed by atoms with Gasteiger partial charge < -0.3 is 0 Å². The lowest BCUT2D eigenvalue weighted by atomic mass is 10.1. The van der Waals surface area contributed by atoms with Crippen molar-refractivity contribution < 1.29 is 4.39 Å². The number of rotatable bonds is 2. The third kappa shape index (κ3) is 3.06. The van der Waals surface area contributed by atoms with Gasteiger partial charge in [-0.25, -0.2) is 14.4 Å². The van der Waals surface area contributed by atoms with E-state index in [1.807, 2.05) is 12.1 Å². The van der Waals surface area contributed by atoms with Crippen LogP contribution in [-0.2, 0) is 6.42 Å².